The Bertz CT molecular complexity index is 824. The molecule has 2 aromatic rings. The topological polar surface area (TPSA) is 74.6 Å². The number of ether oxygens (including phenoxy) is 2. The minimum atomic E-state index is -0.0132. The van der Waals surface area contributed by atoms with E-state index < -0.39 is 0 Å². The van der Waals surface area contributed by atoms with Gasteiger partial charge < -0.3 is 19.7 Å². The Morgan fingerprint density at radius 2 is 1.91 bits per heavy atom. The summed E-state index contributed by atoms with van der Waals surface area (Å²) in [4.78, 5) is 14.0. The predicted octanol–water partition coefficient (Wildman–Crippen LogP) is 2.25. The molecule has 2 aliphatic heterocycles. The number of hydrogen-bond acceptors (Lipinski definition) is 5. The Morgan fingerprint density at radius 3 is 2.65 bits per heavy atom. The van der Waals surface area contributed by atoms with Crippen molar-refractivity contribution in [2.24, 2.45) is 0 Å². The van der Waals surface area contributed by atoms with Crippen LogP contribution in [0.4, 0.5) is 11.4 Å². The van der Waals surface area contributed by atoms with Crippen LogP contribution >= 0.6 is 0 Å². The first-order chi connectivity index (χ1) is 11.2. The minimum absolute atomic E-state index is 0.0132. The van der Waals surface area contributed by atoms with Gasteiger partial charge in [0.2, 0.25) is 12.7 Å². The molecule has 1 N–H and O–H groups in total. The normalized spacial score (nSPS) is 14.9. The highest BCUT2D eigenvalue weighted by molar-refractivity contribution is 6.03. The number of nitrogens with zero attached hydrogens (tertiary/aromatic N) is 2. The number of nitrogens with one attached hydrogen (secondary N) is 1. The molecule has 114 valence electrons. The van der Waals surface area contributed by atoms with Crippen molar-refractivity contribution in [3.05, 3.63) is 47.5 Å². The fraction of sp³-hybridized carbons (Fsp3) is 0.176. The van der Waals surface area contributed by atoms with E-state index in [1.807, 2.05) is 24.3 Å². The Kier molecular flexibility index (Phi) is 3.05. The van der Waals surface area contributed by atoms with Crippen molar-refractivity contribution < 1.29 is 14.3 Å². The van der Waals surface area contributed by atoms with Crippen LogP contribution < -0.4 is 19.7 Å². The average molecular weight is 307 g/mol. The molecule has 0 spiro atoms. The maximum Gasteiger partial charge on any atom is 0.246 e. The second-order valence-electron chi connectivity index (χ2n) is 5.36. The molecule has 23 heavy (non-hydrogen) atoms. The lowest BCUT2D eigenvalue weighted by Gasteiger charge is -2.30. The van der Waals surface area contributed by atoms with Gasteiger partial charge in [0.25, 0.3) is 0 Å². The van der Waals surface area contributed by atoms with Gasteiger partial charge in [0, 0.05) is 12.1 Å². The molecule has 0 saturated heterocycles. The van der Waals surface area contributed by atoms with Gasteiger partial charge >= 0.3 is 0 Å². The summed E-state index contributed by atoms with van der Waals surface area (Å²) in [6.45, 7) is 0.879. The smallest absolute Gasteiger partial charge is 0.246 e. The number of anilines is 2. The summed E-state index contributed by atoms with van der Waals surface area (Å²) < 4.78 is 10.8. The third-order valence-corrected chi connectivity index (χ3v) is 3.94. The van der Waals surface area contributed by atoms with Gasteiger partial charge in [-0.2, -0.15) is 5.26 Å². The van der Waals surface area contributed by atoms with Crippen molar-refractivity contribution in [1.29, 1.82) is 5.26 Å². The number of nitriles is 1. The number of fused-ring (bicyclic) bond motifs is 2. The highest BCUT2D eigenvalue weighted by Crippen LogP contribution is 2.42. The first-order valence-electron chi connectivity index (χ1n) is 7.21. The number of amides is 1. The molecule has 0 atom stereocenters. The third kappa shape index (κ3) is 2.32. The van der Waals surface area contributed by atoms with Gasteiger partial charge in [-0.1, -0.05) is 12.1 Å². The first kappa shape index (κ1) is 13.5. The summed E-state index contributed by atoms with van der Waals surface area (Å²) in [5, 5.41) is 12.0. The Labute approximate surface area is 132 Å². The summed E-state index contributed by atoms with van der Waals surface area (Å²) in [5.41, 5.74) is 3.18. The Morgan fingerprint density at radius 1 is 1.17 bits per heavy atom. The van der Waals surface area contributed by atoms with E-state index in [1.54, 1.807) is 17.0 Å². The molecule has 0 aliphatic carbocycles. The van der Waals surface area contributed by atoms with Gasteiger partial charge in [-0.25, -0.2) is 0 Å². The van der Waals surface area contributed by atoms with E-state index in [1.165, 1.54) is 0 Å². The highest BCUT2D eigenvalue weighted by Gasteiger charge is 2.27. The molecule has 0 fully saturated rings. The summed E-state index contributed by atoms with van der Waals surface area (Å²) in [5.74, 6) is 1.31. The van der Waals surface area contributed by atoms with Crippen LogP contribution in [0.1, 0.15) is 11.1 Å². The molecule has 0 radical (unpaired) electrons. The molecule has 0 bridgehead atoms. The lowest BCUT2D eigenvalue weighted by molar-refractivity contribution is -0.117. The van der Waals surface area contributed by atoms with Gasteiger partial charge in [0.05, 0.1) is 36.1 Å². The van der Waals surface area contributed by atoms with Crippen LogP contribution in [0.2, 0.25) is 0 Å². The Hall–Kier alpha value is -3.20. The van der Waals surface area contributed by atoms with E-state index in [0.29, 0.717) is 23.6 Å². The molecular formula is C17H13N3O3. The van der Waals surface area contributed by atoms with Crippen molar-refractivity contribution in [3.8, 4) is 17.6 Å². The van der Waals surface area contributed by atoms with E-state index in [9.17, 15) is 4.79 Å². The second-order valence-corrected chi connectivity index (χ2v) is 5.36. The second kappa shape index (κ2) is 5.21. The molecule has 6 nitrogen and oxygen atoms in total. The van der Waals surface area contributed by atoms with Crippen LogP contribution in [0.3, 0.4) is 0 Å². The maximum absolute atomic E-state index is 12.3. The highest BCUT2D eigenvalue weighted by atomic mass is 16.7. The summed E-state index contributed by atoms with van der Waals surface area (Å²) in [6.07, 6.45) is 0. The van der Waals surface area contributed by atoms with Crippen LogP contribution in [0.15, 0.2) is 36.4 Å². The number of carbonyl (C=O) groups excluding carboxylic acids is 1. The third-order valence-electron chi connectivity index (χ3n) is 3.94. The van der Waals surface area contributed by atoms with E-state index in [0.717, 1.165) is 16.9 Å². The van der Waals surface area contributed by atoms with Gasteiger partial charge in [0.1, 0.15) is 0 Å². The van der Waals surface area contributed by atoms with E-state index in [2.05, 4.69) is 11.4 Å². The molecule has 0 unspecified atom stereocenters. The fourth-order valence-electron chi connectivity index (χ4n) is 2.74. The van der Waals surface area contributed by atoms with E-state index in [-0.39, 0.29) is 19.2 Å². The van der Waals surface area contributed by atoms with Crippen LogP contribution in [-0.4, -0.2) is 19.2 Å². The molecule has 0 aromatic heterocycles. The fourth-order valence-corrected chi connectivity index (χ4v) is 2.74. The molecule has 1 amide bonds. The zero-order valence-corrected chi connectivity index (χ0v) is 12.2. The van der Waals surface area contributed by atoms with Crippen molar-refractivity contribution in [2.75, 3.05) is 23.6 Å². The molecule has 4 rings (SSSR count). The van der Waals surface area contributed by atoms with Gasteiger partial charge in [-0.15, -0.1) is 0 Å². The predicted molar refractivity (Wildman–Crippen MR) is 83.4 cm³/mol. The van der Waals surface area contributed by atoms with Crippen LogP contribution in [-0.2, 0) is 11.3 Å². The van der Waals surface area contributed by atoms with Crippen molar-refractivity contribution in [2.45, 2.75) is 6.54 Å². The van der Waals surface area contributed by atoms with Gasteiger partial charge in [-0.05, 0) is 17.7 Å². The van der Waals surface area contributed by atoms with Crippen LogP contribution in [0.5, 0.6) is 11.5 Å². The summed E-state index contributed by atoms with van der Waals surface area (Å²) in [6, 6.07) is 13.0. The number of rotatable bonds is 2. The molecule has 2 aliphatic rings. The van der Waals surface area contributed by atoms with Gasteiger partial charge in [0.15, 0.2) is 11.5 Å². The first-order valence-corrected chi connectivity index (χ1v) is 7.21. The molecule has 2 heterocycles. The van der Waals surface area contributed by atoms with Crippen molar-refractivity contribution in [1.82, 2.24) is 0 Å². The van der Waals surface area contributed by atoms with E-state index in [4.69, 9.17) is 14.7 Å². The monoisotopic (exact) mass is 307 g/mol. The SMILES string of the molecule is N#Cc1ccc(CN2C(=O)CNc3cc4c(cc32)OCO4)cc1. The molecule has 6 heteroatoms. The average Bonchev–Trinajstić information content (AvgIpc) is 3.04. The molecule has 0 saturated carbocycles. The van der Waals surface area contributed by atoms with E-state index >= 15 is 0 Å². The maximum atomic E-state index is 12.3. The number of benzene rings is 2. The standard InChI is InChI=1S/C17H13N3O3/c18-7-11-1-3-12(4-2-11)9-20-14-6-16-15(22-10-23-16)5-13(14)19-8-17(20)21/h1-6,19H,8-10H2. The minimum Gasteiger partial charge on any atom is -0.454 e. The molecule has 2 aromatic carbocycles. The lowest BCUT2D eigenvalue weighted by atomic mass is 10.1. The quantitative estimate of drug-likeness (QED) is 0.921. The van der Waals surface area contributed by atoms with Crippen LogP contribution in [0, 0.1) is 11.3 Å². The largest absolute Gasteiger partial charge is 0.454 e. The summed E-state index contributed by atoms with van der Waals surface area (Å²) >= 11 is 0. The van der Waals surface area contributed by atoms with Crippen LogP contribution in [0.25, 0.3) is 0 Å². The van der Waals surface area contributed by atoms with Crippen molar-refractivity contribution >= 4 is 17.3 Å². The number of hydrogen-bond donors (Lipinski definition) is 1. The molecular weight excluding hydrogens is 294 g/mol. The van der Waals surface area contributed by atoms with Gasteiger partial charge in [-0.3, -0.25) is 4.79 Å². The lowest BCUT2D eigenvalue weighted by Crippen LogP contribution is -2.39. The number of carbonyl (C=O) groups is 1. The summed E-state index contributed by atoms with van der Waals surface area (Å²) in [7, 11) is 0. The Balaban J connectivity index is 1.68. The zero-order valence-electron chi connectivity index (χ0n) is 12.2. The van der Waals surface area contributed by atoms with Crippen molar-refractivity contribution in [3.63, 3.8) is 0 Å². The zero-order chi connectivity index (χ0) is 15.8.